The van der Waals surface area contributed by atoms with Crippen molar-refractivity contribution in [3.63, 3.8) is 0 Å². The molecule has 1 aromatic carbocycles. The molecule has 2 rings (SSSR count). The van der Waals surface area contributed by atoms with Crippen molar-refractivity contribution in [3.8, 4) is 0 Å². The van der Waals surface area contributed by atoms with Gasteiger partial charge in [0.1, 0.15) is 0 Å². The number of nitrogens with two attached hydrogens (primary N) is 1. The molecule has 0 spiro atoms. The minimum absolute atomic E-state index is 0.00867. The zero-order valence-corrected chi connectivity index (χ0v) is 11.3. The van der Waals surface area contributed by atoms with Crippen molar-refractivity contribution >= 4 is 5.91 Å². The highest BCUT2D eigenvalue weighted by Gasteiger charge is 2.35. The fourth-order valence-corrected chi connectivity index (χ4v) is 2.76. The molecule has 0 aliphatic carbocycles. The molecule has 1 amide bonds. The fourth-order valence-electron chi connectivity index (χ4n) is 2.76. The molecule has 3 nitrogen and oxygen atoms in total. The largest absolute Gasteiger partial charge is 0.337 e. The Kier molecular flexibility index (Phi) is 3.71. The molecule has 0 saturated carbocycles. The summed E-state index contributed by atoms with van der Waals surface area (Å²) < 4.78 is 0. The summed E-state index contributed by atoms with van der Waals surface area (Å²) >= 11 is 0. The van der Waals surface area contributed by atoms with Crippen LogP contribution in [0.4, 0.5) is 0 Å². The van der Waals surface area contributed by atoms with Crippen LogP contribution in [0.15, 0.2) is 24.3 Å². The van der Waals surface area contributed by atoms with Crippen molar-refractivity contribution in [1.29, 1.82) is 0 Å². The maximum absolute atomic E-state index is 12.4. The first kappa shape index (κ1) is 13.1. The minimum atomic E-state index is 0.00867. The Labute approximate surface area is 109 Å². The highest BCUT2D eigenvalue weighted by atomic mass is 16.2. The summed E-state index contributed by atoms with van der Waals surface area (Å²) in [4.78, 5) is 14.4. The van der Waals surface area contributed by atoms with Crippen LogP contribution in [0.5, 0.6) is 0 Å². The van der Waals surface area contributed by atoms with E-state index in [1.165, 1.54) is 0 Å². The quantitative estimate of drug-likeness (QED) is 0.887. The van der Waals surface area contributed by atoms with Gasteiger partial charge in [0, 0.05) is 18.6 Å². The van der Waals surface area contributed by atoms with E-state index >= 15 is 0 Å². The number of benzene rings is 1. The first-order valence-electron chi connectivity index (χ1n) is 6.62. The van der Waals surface area contributed by atoms with Gasteiger partial charge < -0.3 is 10.6 Å². The van der Waals surface area contributed by atoms with Crippen molar-refractivity contribution in [1.82, 2.24) is 4.90 Å². The molecule has 0 atom stereocenters. The monoisotopic (exact) mass is 246 g/mol. The van der Waals surface area contributed by atoms with Crippen LogP contribution in [0.1, 0.15) is 37.8 Å². The molecule has 0 unspecified atom stereocenters. The Balaban J connectivity index is 2.12. The lowest BCUT2D eigenvalue weighted by molar-refractivity contribution is -0.133. The van der Waals surface area contributed by atoms with Crippen LogP contribution in [0.25, 0.3) is 0 Å². The van der Waals surface area contributed by atoms with Crippen LogP contribution in [-0.2, 0) is 17.8 Å². The van der Waals surface area contributed by atoms with Crippen LogP contribution >= 0.6 is 0 Å². The van der Waals surface area contributed by atoms with E-state index in [0.29, 0.717) is 13.0 Å². The predicted molar refractivity (Wildman–Crippen MR) is 73.1 cm³/mol. The Morgan fingerprint density at radius 1 is 1.33 bits per heavy atom. The van der Waals surface area contributed by atoms with Crippen LogP contribution in [0, 0.1) is 0 Å². The Hall–Kier alpha value is -1.35. The molecule has 18 heavy (non-hydrogen) atoms. The Morgan fingerprint density at radius 3 is 2.56 bits per heavy atom. The number of hydrogen-bond donors (Lipinski definition) is 1. The van der Waals surface area contributed by atoms with Gasteiger partial charge in [-0.3, -0.25) is 4.79 Å². The smallest absolute Gasteiger partial charge is 0.227 e. The van der Waals surface area contributed by atoms with Gasteiger partial charge in [0.15, 0.2) is 0 Å². The van der Waals surface area contributed by atoms with Crippen molar-refractivity contribution in [2.45, 2.75) is 45.2 Å². The molecular weight excluding hydrogens is 224 g/mol. The van der Waals surface area contributed by atoms with E-state index in [1.54, 1.807) is 0 Å². The van der Waals surface area contributed by atoms with Crippen LogP contribution in [0.2, 0.25) is 0 Å². The molecule has 1 aromatic rings. The van der Waals surface area contributed by atoms with E-state index < -0.39 is 0 Å². The molecule has 98 valence electrons. The summed E-state index contributed by atoms with van der Waals surface area (Å²) in [5.41, 5.74) is 7.85. The molecule has 0 radical (unpaired) electrons. The molecule has 0 aromatic heterocycles. The molecule has 3 heteroatoms. The van der Waals surface area contributed by atoms with E-state index in [9.17, 15) is 4.79 Å². The van der Waals surface area contributed by atoms with Crippen LogP contribution in [0.3, 0.4) is 0 Å². The number of hydrogen-bond acceptors (Lipinski definition) is 2. The molecule has 1 aliphatic rings. The fraction of sp³-hybridized carbons (Fsp3) is 0.533. The first-order chi connectivity index (χ1) is 8.54. The summed E-state index contributed by atoms with van der Waals surface area (Å²) in [5, 5.41) is 0. The third-order valence-electron chi connectivity index (χ3n) is 3.88. The van der Waals surface area contributed by atoms with Gasteiger partial charge >= 0.3 is 0 Å². The van der Waals surface area contributed by atoms with Crippen molar-refractivity contribution < 1.29 is 4.79 Å². The van der Waals surface area contributed by atoms with Gasteiger partial charge in [-0.2, -0.15) is 0 Å². The van der Waals surface area contributed by atoms with Gasteiger partial charge in [0.05, 0.1) is 6.42 Å². The molecule has 0 bridgehead atoms. The maximum Gasteiger partial charge on any atom is 0.227 e. The number of carbonyl (C=O) groups excluding carboxylic acids is 1. The third kappa shape index (κ3) is 2.56. The standard InChI is InChI=1S/C15H22N2O/c1-15(2)8-5-9-17(15)14(18)10-12-6-3-4-7-13(12)11-16/h3-4,6-7H,5,8-11,16H2,1-2H3. The number of rotatable bonds is 3. The lowest BCUT2D eigenvalue weighted by Crippen LogP contribution is -2.43. The Bertz CT molecular complexity index is 440. The third-order valence-corrected chi connectivity index (χ3v) is 3.88. The maximum atomic E-state index is 12.4. The topological polar surface area (TPSA) is 46.3 Å². The average Bonchev–Trinajstić information content (AvgIpc) is 2.69. The van der Waals surface area contributed by atoms with Gasteiger partial charge in [-0.15, -0.1) is 0 Å². The van der Waals surface area contributed by atoms with Gasteiger partial charge in [-0.05, 0) is 37.8 Å². The molecule has 1 heterocycles. The summed E-state index contributed by atoms with van der Waals surface area (Å²) in [5.74, 6) is 0.221. The summed E-state index contributed by atoms with van der Waals surface area (Å²) in [6.07, 6.45) is 2.67. The summed E-state index contributed by atoms with van der Waals surface area (Å²) in [6.45, 7) is 5.67. The van der Waals surface area contributed by atoms with Gasteiger partial charge in [0.2, 0.25) is 5.91 Å². The summed E-state index contributed by atoms with van der Waals surface area (Å²) in [7, 11) is 0. The number of nitrogens with zero attached hydrogens (tertiary/aromatic N) is 1. The SMILES string of the molecule is CC1(C)CCCN1C(=O)Cc1ccccc1CN. The van der Waals surface area contributed by atoms with Crippen LogP contribution in [-0.4, -0.2) is 22.9 Å². The average molecular weight is 246 g/mol. The number of amides is 1. The minimum Gasteiger partial charge on any atom is -0.337 e. The lowest BCUT2D eigenvalue weighted by atomic mass is 10.00. The Morgan fingerprint density at radius 2 is 2.00 bits per heavy atom. The van der Waals surface area contributed by atoms with E-state index in [2.05, 4.69) is 13.8 Å². The van der Waals surface area contributed by atoms with Gasteiger partial charge in [-0.25, -0.2) is 0 Å². The first-order valence-corrected chi connectivity index (χ1v) is 6.62. The number of carbonyl (C=O) groups is 1. The second kappa shape index (κ2) is 5.11. The number of likely N-dealkylation sites (tertiary alicyclic amines) is 1. The van der Waals surface area contributed by atoms with E-state index in [0.717, 1.165) is 30.5 Å². The van der Waals surface area contributed by atoms with E-state index in [-0.39, 0.29) is 11.4 Å². The molecule has 1 fully saturated rings. The molecule has 2 N–H and O–H groups in total. The highest BCUT2D eigenvalue weighted by Crippen LogP contribution is 2.28. The normalized spacial score (nSPS) is 18.1. The zero-order chi connectivity index (χ0) is 13.2. The summed E-state index contributed by atoms with van der Waals surface area (Å²) in [6, 6.07) is 7.94. The lowest BCUT2D eigenvalue weighted by Gasteiger charge is -2.32. The molecule has 1 aliphatic heterocycles. The highest BCUT2D eigenvalue weighted by molar-refractivity contribution is 5.80. The zero-order valence-electron chi connectivity index (χ0n) is 11.3. The predicted octanol–water partition coefficient (Wildman–Crippen LogP) is 2.09. The van der Waals surface area contributed by atoms with E-state index in [1.807, 2.05) is 29.2 Å². The van der Waals surface area contributed by atoms with Crippen LogP contribution < -0.4 is 5.73 Å². The second-order valence-corrected chi connectivity index (χ2v) is 5.61. The van der Waals surface area contributed by atoms with Crippen molar-refractivity contribution in [2.75, 3.05) is 6.54 Å². The van der Waals surface area contributed by atoms with Crippen molar-refractivity contribution in [3.05, 3.63) is 35.4 Å². The van der Waals surface area contributed by atoms with Gasteiger partial charge in [0.25, 0.3) is 0 Å². The molecular formula is C15H22N2O. The van der Waals surface area contributed by atoms with Crippen molar-refractivity contribution in [2.24, 2.45) is 5.73 Å². The van der Waals surface area contributed by atoms with Gasteiger partial charge in [-0.1, -0.05) is 24.3 Å². The van der Waals surface area contributed by atoms with E-state index in [4.69, 9.17) is 5.73 Å². The second-order valence-electron chi connectivity index (χ2n) is 5.61. The molecule has 1 saturated heterocycles.